The molecule has 0 fully saturated rings. The van der Waals surface area contributed by atoms with E-state index >= 15 is 0 Å². The summed E-state index contributed by atoms with van der Waals surface area (Å²) >= 11 is 0. The number of nitrogens with one attached hydrogen (secondary N) is 1. The minimum Gasteiger partial charge on any atom is -0.271 e. The van der Waals surface area contributed by atoms with Crippen LogP contribution in [0.1, 0.15) is 48.1 Å². The summed E-state index contributed by atoms with van der Waals surface area (Å²) in [6.45, 7) is 6.24. The van der Waals surface area contributed by atoms with Crippen LogP contribution in [0.25, 0.3) is 0 Å². The van der Waals surface area contributed by atoms with Crippen molar-refractivity contribution in [3.05, 3.63) is 70.5 Å². The van der Waals surface area contributed by atoms with Gasteiger partial charge in [0.05, 0.1) is 6.04 Å². The van der Waals surface area contributed by atoms with Crippen molar-refractivity contribution in [3.8, 4) is 0 Å². The molecule has 0 amide bonds. The number of aryl methyl sites for hydroxylation is 1. The van der Waals surface area contributed by atoms with Gasteiger partial charge in [-0.3, -0.25) is 5.84 Å². The van der Waals surface area contributed by atoms with Crippen LogP contribution in [0.2, 0.25) is 0 Å². The minimum absolute atomic E-state index is 0.244. The van der Waals surface area contributed by atoms with Crippen LogP contribution in [0, 0.1) is 12.7 Å². The molecule has 0 radical (unpaired) electrons. The van der Waals surface area contributed by atoms with Gasteiger partial charge in [0.1, 0.15) is 5.82 Å². The van der Waals surface area contributed by atoms with Gasteiger partial charge in [-0.05, 0) is 30.0 Å². The van der Waals surface area contributed by atoms with Crippen LogP contribution in [-0.2, 0) is 0 Å². The first-order valence-electron chi connectivity index (χ1n) is 6.85. The summed E-state index contributed by atoms with van der Waals surface area (Å²) in [5.41, 5.74) is 6.52. The third-order valence-electron chi connectivity index (χ3n) is 3.57. The van der Waals surface area contributed by atoms with E-state index in [1.807, 2.05) is 25.1 Å². The second kappa shape index (κ2) is 6.16. The van der Waals surface area contributed by atoms with Crippen LogP contribution < -0.4 is 11.3 Å². The molecule has 0 saturated heterocycles. The fourth-order valence-electron chi connectivity index (χ4n) is 2.32. The summed E-state index contributed by atoms with van der Waals surface area (Å²) in [6, 6.07) is 12.9. The summed E-state index contributed by atoms with van der Waals surface area (Å²) in [7, 11) is 0. The molecule has 1 atom stereocenters. The average Bonchev–Trinajstić information content (AvgIpc) is 2.44. The van der Waals surface area contributed by atoms with E-state index < -0.39 is 0 Å². The molecule has 2 aromatic rings. The lowest BCUT2D eigenvalue weighted by Crippen LogP contribution is -2.29. The molecule has 106 valence electrons. The summed E-state index contributed by atoms with van der Waals surface area (Å²) < 4.78 is 14.0. The van der Waals surface area contributed by atoms with E-state index in [9.17, 15) is 4.39 Å². The van der Waals surface area contributed by atoms with Crippen molar-refractivity contribution in [1.29, 1.82) is 0 Å². The summed E-state index contributed by atoms with van der Waals surface area (Å²) in [5.74, 6) is 5.87. The highest BCUT2D eigenvalue weighted by Crippen LogP contribution is 2.26. The lowest BCUT2D eigenvalue weighted by molar-refractivity contribution is 0.559. The Balaban J connectivity index is 2.39. The van der Waals surface area contributed by atoms with Crippen molar-refractivity contribution < 1.29 is 4.39 Å². The molecule has 0 bridgehead atoms. The van der Waals surface area contributed by atoms with Crippen molar-refractivity contribution in [3.63, 3.8) is 0 Å². The van der Waals surface area contributed by atoms with Crippen molar-refractivity contribution in [2.45, 2.75) is 32.7 Å². The number of rotatable bonds is 4. The summed E-state index contributed by atoms with van der Waals surface area (Å²) in [4.78, 5) is 0. The number of benzene rings is 2. The Hall–Kier alpha value is -1.71. The number of nitrogens with two attached hydrogens (primary N) is 1. The highest BCUT2D eigenvalue weighted by molar-refractivity contribution is 5.36. The van der Waals surface area contributed by atoms with Gasteiger partial charge in [-0.25, -0.2) is 9.82 Å². The first-order chi connectivity index (χ1) is 9.52. The number of hydrogen-bond donors (Lipinski definition) is 2. The molecule has 2 rings (SSSR count). The van der Waals surface area contributed by atoms with E-state index in [2.05, 4.69) is 31.4 Å². The second-order valence-corrected chi connectivity index (χ2v) is 5.45. The van der Waals surface area contributed by atoms with E-state index in [1.54, 1.807) is 6.07 Å². The van der Waals surface area contributed by atoms with Gasteiger partial charge in [0.25, 0.3) is 0 Å². The summed E-state index contributed by atoms with van der Waals surface area (Å²) in [5, 5.41) is 0. The van der Waals surface area contributed by atoms with Gasteiger partial charge in [0, 0.05) is 5.56 Å². The van der Waals surface area contributed by atoms with E-state index in [4.69, 9.17) is 5.84 Å². The largest absolute Gasteiger partial charge is 0.271 e. The van der Waals surface area contributed by atoms with Crippen LogP contribution in [0.3, 0.4) is 0 Å². The Morgan fingerprint density at radius 2 is 1.60 bits per heavy atom. The Labute approximate surface area is 119 Å². The maximum Gasteiger partial charge on any atom is 0.128 e. The predicted octanol–water partition coefficient (Wildman–Crippen LogP) is 3.81. The molecule has 3 N–H and O–H groups in total. The Kier molecular flexibility index (Phi) is 4.53. The van der Waals surface area contributed by atoms with Gasteiger partial charge in [-0.1, -0.05) is 55.8 Å². The zero-order valence-corrected chi connectivity index (χ0v) is 12.2. The molecule has 0 aliphatic heterocycles. The van der Waals surface area contributed by atoms with Crippen molar-refractivity contribution in [1.82, 2.24) is 5.43 Å². The Morgan fingerprint density at radius 1 is 1.00 bits per heavy atom. The second-order valence-electron chi connectivity index (χ2n) is 5.45. The molecule has 3 heteroatoms. The van der Waals surface area contributed by atoms with Crippen LogP contribution in [0.4, 0.5) is 4.39 Å². The van der Waals surface area contributed by atoms with Gasteiger partial charge in [0.2, 0.25) is 0 Å². The molecular formula is C17H21FN2. The molecule has 2 nitrogen and oxygen atoms in total. The predicted molar refractivity (Wildman–Crippen MR) is 80.8 cm³/mol. The van der Waals surface area contributed by atoms with Gasteiger partial charge < -0.3 is 0 Å². The van der Waals surface area contributed by atoms with E-state index in [0.717, 1.165) is 11.1 Å². The molecule has 0 heterocycles. The van der Waals surface area contributed by atoms with E-state index in [-0.39, 0.29) is 11.9 Å². The standard InChI is InChI=1S/C17H21FN2/c1-11(2)13-5-7-14(8-6-13)17(20-19)15-10-12(3)4-9-16(15)18/h4-11,17,20H,19H2,1-3H3. The molecule has 0 spiro atoms. The SMILES string of the molecule is Cc1ccc(F)c(C(NN)c2ccc(C(C)C)cc2)c1. The molecule has 1 unspecified atom stereocenters. The smallest absolute Gasteiger partial charge is 0.128 e. The third kappa shape index (κ3) is 3.06. The Morgan fingerprint density at radius 3 is 2.15 bits per heavy atom. The van der Waals surface area contributed by atoms with Crippen LogP contribution in [0.15, 0.2) is 42.5 Å². The molecular weight excluding hydrogens is 251 g/mol. The van der Waals surface area contributed by atoms with Gasteiger partial charge >= 0.3 is 0 Å². The van der Waals surface area contributed by atoms with Crippen molar-refractivity contribution in [2.75, 3.05) is 0 Å². The summed E-state index contributed by atoms with van der Waals surface area (Å²) in [6.07, 6.45) is 0. The lowest BCUT2D eigenvalue weighted by Gasteiger charge is -2.19. The fraction of sp³-hybridized carbons (Fsp3) is 0.294. The number of hydrogen-bond acceptors (Lipinski definition) is 2. The quantitative estimate of drug-likeness (QED) is 0.656. The molecule has 0 aliphatic rings. The molecule has 20 heavy (non-hydrogen) atoms. The zero-order valence-electron chi connectivity index (χ0n) is 12.2. The topological polar surface area (TPSA) is 38.0 Å². The normalized spacial score (nSPS) is 12.7. The monoisotopic (exact) mass is 272 g/mol. The number of hydrazine groups is 1. The first kappa shape index (κ1) is 14.7. The first-order valence-corrected chi connectivity index (χ1v) is 6.85. The number of halogens is 1. The average molecular weight is 272 g/mol. The maximum absolute atomic E-state index is 14.0. The molecule has 0 aromatic heterocycles. The molecule has 2 aromatic carbocycles. The maximum atomic E-state index is 14.0. The van der Waals surface area contributed by atoms with Crippen LogP contribution in [-0.4, -0.2) is 0 Å². The van der Waals surface area contributed by atoms with Gasteiger partial charge in [-0.15, -0.1) is 0 Å². The van der Waals surface area contributed by atoms with Gasteiger partial charge in [0.15, 0.2) is 0 Å². The van der Waals surface area contributed by atoms with Crippen molar-refractivity contribution in [2.24, 2.45) is 5.84 Å². The Bertz CT molecular complexity index is 576. The van der Waals surface area contributed by atoms with Crippen LogP contribution >= 0.6 is 0 Å². The van der Waals surface area contributed by atoms with E-state index in [0.29, 0.717) is 11.5 Å². The molecule has 0 aliphatic carbocycles. The third-order valence-corrected chi connectivity index (χ3v) is 3.57. The van der Waals surface area contributed by atoms with Crippen molar-refractivity contribution >= 4 is 0 Å². The highest BCUT2D eigenvalue weighted by Gasteiger charge is 2.16. The zero-order chi connectivity index (χ0) is 14.7. The van der Waals surface area contributed by atoms with Crippen LogP contribution in [0.5, 0.6) is 0 Å². The van der Waals surface area contributed by atoms with E-state index in [1.165, 1.54) is 11.6 Å². The minimum atomic E-state index is -0.337. The molecule has 0 saturated carbocycles. The highest BCUT2D eigenvalue weighted by atomic mass is 19.1. The fourth-order valence-corrected chi connectivity index (χ4v) is 2.32. The van der Waals surface area contributed by atoms with Gasteiger partial charge in [-0.2, -0.15) is 0 Å². The lowest BCUT2D eigenvalue weighted by atomic mass is 9.94.